The normalized spacial score (nSPS) is 12.7. The summed E-state index contributed by atoms with van der Waals surface area (Å²) in [6.45, 7) is 7.72. The molecule has 4 aromatic heterocycles. The van der Waals surface area contributed by atoms with Crippen LogP contribution in [0.3, 0.4) is 0 Å². The van der Waals surface area contributed by atoms with Crippen molar-refractivity contribution in [2.24, 2.45) is 0 Å². The maximum Gasteiger partial charge on any atom is 0.259 e. The number of furan rings is 1. The molecular formula is C17H18N6O2S2. The summed E-state index contributed by atoms with van der Waals surface area (Å²) in [6, 6.07) is 1.80. The second kappa shape index (κ2) is 6.54. The van der Waals surface area contributed by atoms with Crippen LogP contribution in [0.1, 0.15) is 34.2 Å². The van der Waals surface area contributed by atoms with Gasteiger partial charge in [0.15, 0.2) is 5.82 Å². The van der Waals surface area contributed by atoms with Gasteiger partial charge < -0.3 is 15.2 Å². The molecule has 0 aliphatic heterocycles. The van der Waals surface area contributed by atoms with Gasteiger partial charge in [0.2, 0.25) is 5.16 Å². The molecule has 0 spiro atoms. The first-order valence-corrected chi connectivity index (χ1v) is 9.98. The summed E-state index contributed by atoms with van der Waals surface area (Å²) >= 11 is 2.91. The van der Waals surface area contributed by atoms with Crippen LogP contribution >= 0.6 is 23.1 Å². The van der Waals surface area contributed by atoms with E-state index in [-0.39, 0.29) is 10.8 Å². The van der Waals surface area contributed by atoms with E-state index < -0.39 is 0 Å². The number of aromatic nitrogens is 5. The highest BCUT2D eigenvalue weighted by Crippen LogP contribution is 2.34. The predicted molar refractivity (Wildman–Crippen MR) is 107 cm³/mol. The molecule has 1 unspecified atom stereocenters. The maximum atomic E-state index is 12.5. The lowest BCUT2D eigenvalue weighted by molar-refractivity contribution is 0.535. The Hall–Kier alpha value is -2.59. The third-order valence-corrected chi connectivity index (χ3v) is 6.66. The van der Waals surface area contributed by atoms with Gasteiger partial charge in [0.05, 0.1) is 22.5 Å². The van der Waals surface area contributed by atoms with Crippen molar-refractivity contribution in [2.45, 2.75) is 38.1 Å². The topological polar surface area (TPSA) is 116 Å². The van der Waals surface area contributed by atoms with Crippen molar-refractivity contribution in [3.63, 3.8) is 0 Å². The first-order chi connectivity index (χ1) is 12.9. The Bertz CT molecular complexity index is 1200. The van der Waals surface area contributed by atoms with E-state index in [1.54, 1.807) is 12.3 Å². The molecule has 8 nitrogen and oxygen atoms in total. The van der Waals surface area contributed by atoms with Crippen LogP contribution in [0.5, 0.6) is 0 Å². The van der Waals surface area contributed by atoms with E-state index in [9.17, 15) is 4.79 Å². The number of nitrogens with two attached hydrogens (primary N) is 1. The quantitative estimate of drug-likeness (QED) is 0.397. The standard InChI is InChI=1S/C17H18N6O2S2/c1-7-9(3)26-16-12(7)15(24)19-13(20-16)10(4)27-17-22-21-14(23(17)18)11-5-6-25-8(11)2/h5-6,10H,18H2,1-4H3,(H,19,20,24). The van der Waals surface area contributed by atoms with Crippen LogP contribution in [0.15, 0.2) is 26.7 Å². The van der Waals surface area contributed by atoms with Gasteiger partial charge in [0.1, 0.15) is 16.4 Å². The number of hydrogen-bond donors (Lipinski definition) is 2. The van der Waals surface area contributed by atoms with Crippen molar-refractivity contribution in [3.8, 4) is 11.4 Å². The number of aryl methyl sites for hydroxylation is 3. The summed E-state index contributed by atoms with van der Waals surface area (Å²) in [4.78, 5) is 21.9. The van der Waals surface area contributed by atoms with Crippen molar-refractivity contribution in [1.29, 1.82) is 0 Å². The maximum absolute atomic E-state index is 12.5. The van der Waals surface area contributed by atoms with E-state index in [1.807, 2.05) is 27.7 Å². The molecule has 0 bridgehead atoms. The summed E-state index contributed by atoms with van der Waals surface area (Å²) < 4.78 is 6.73. The van der Waals surface area contributed by atoms with Gasteiger partial charge in [-0.3, -0.25) is 4.79 Å². The SMILES string of the molecule is Cc1occc1-c1nnc(SC(C)c2nc3sc(C)c(C)c3c(=O)[nH]2)n1N. The van der Waals surface area contributed by atoms with Crippen molar-refractivity contribution in [3.05, 3.63) is 44.7 Å². The number of H-pyrrole nitrogens is 1. The molecular weight excluding hydrogens is 384 g/mol. The fourth-order valence-corrected chi connectivity index (χ4v) is 4.70. The van der Waals surface area contributed by atoms with Crippen LogP contribution in [0.2, 0.25) is 0 Å². The average Bonchev–Trinajstić information content (AvgIpc) is 3.27. The lowest BCUT2D eigenvalue weighted by Crippen LogP contribution is -2.14. The van der Waals surface area contributed by atoms with Crippen LogP contribution < -0.4 is 11.4 Å². The Morgan fingerprint density at radius 1 is 1.33 bits per heavy atom. The second-order valence-electron chi connectivity index (χ2n) is 6.24. The minimum Gasteiger partial charge on any atom is -0.469 e. The van der Waals surface area contributed by atoms with Gasteiger partial charge >= 0.3 is 0 Å². The lowest BCUT2D eigenvalue weighted by Gasteiger charge is -2.10. The number of thiophene rings is 1. The Morgan fingerprint density at radius 2 is 2.11 bits per heavy atom. The van der Waals surface area contributed by atoms with Crippen molar-refractivity contribution < 1.29 is 4.42 Å². The fraction of sp³-hybridized carbons (Fsp3) is 0.294. The van der Waals surface area contributed by atoms with E-state index >= 15 is 0 Å². The first kappa shape index (κ1) is 17.8. The third kappa shape index (κ3) is 2.94. The molecule has 0 aliphatic carbocycles. The Morgan fingerprint density at radius 3 is 2.81 bits per heavy atom. The molecule has 1 atom stereocenters. The van der Waals surface area contributed by atoms with Crippen molar-refractivity contribution in [2.75, 3.05) is 5.84 Å². The van der Waals surface area contributed by atoms with Crippen molar-refractivity contribution >= 4 is 33.3 Å². The van der Waals surface area contributed by atoms with Gasteiger partial charge in [-0.15, -0.1) is 21.5 Å². The highest BCUT2D eigenvalue weighted by atomic mass is 32.2. The van der Waals surface area contributed by atoms with Crippen molar-refractivity contribution in [1.82, 2.24) is 24.8 Å². The van der Waals surface area contributed by atoms with Gasteiger partial charge in [0, 0.05) is 4.88 Å². The zero-order chi connectivity index (χ0) is 19.3. The highest BCUT2D eigenvalue weighted by molar-refractivity contribution is 7.99. The molecule has 140 valence electrons. The zero-order valence-corrected chi connectivity index (χ0v) is 16.9. The second-order valence-corrected chi connectivity index (χ2v) is 8.75. The van der Waals surface area contributed by atoms with Crippen LogP contribution in [-0.4, -0.2) is 24.8 Å². The molecule has 4 aromatic rings. The van der Waals surface area contributed by atoms with E-state index in [0.29, 0.717) is 22.2 Å². The van der Waals surface area contributed by atoms with Gasteiger partial charge in [0.25, 0.3) is 5.56 Å². The number of hydrogen-bond acceptors (Lipinski definition) is 8. The molecule has 3 N–H and O–H groups in total. The number of thioether (sulfide) groups is 1. The summed E-state index contributed by atoms with van der Waals surface area (Å²) in [6.07, 6.45) is 1.59. The molecule has 4 rings (SSSR count). The zero-order valence-electron chi connectivity index (χ0n) is 15.2. The average molecular weight is 403 g/mol. The number of fused-ring (bicyclic) bond motifs is 1. The van der Waals surface area contributed by atoms with Crippen LogP contribution in [0.25, 0.3) is 21.6 Å². The number of aromatic amines is 1. The molecule has 0 fully saturated rings. The Kier molecular flexibility index (Phi) is 4.31. The molecule has 0 radical (unpaired) electrons. The summed E-state index contributed by atoms with van der Waals surface area (Å²) in [5.74, 6) is 8.00. The monoisotopic (exact) mass is 402 g/mol. The fourth-order valence-electron chi connectivity index (χ4n) is 2.84. The Labute approximate surface area is 162 Å². The lowest BCUT2D eigenvalue weighted by atomic mass is 10.2. The first-order valence-electron chi connectivity index (χ1n) is 8.28. The molecule has 0 aliphatic rings. The minimum atomic E-state index is -0.158. The number of rotatable bonds is 4. The molecule has 0 saturated carbocycles. The smallest absolute Gasteiger partial charge is 0.259 e. The predicted octanol–water partition coefficient (Wildman–Crippen LogP) is 3.33. The van der Waals surface area contributed by atoms with E-state index in [0.717, 1.165) is 26.6 Å². The van der Waals surface area contributed by atoms with Gasteiger partial charge in [-0.2, -0.15) is 0 Å². The number of nitrogens with one attached hydrogen (secondary N) is 1. The van der Waals surface area contributed by atoms with Gasteiger partial charge in [-0.25, -0.2) is 9.66 Å². The minimum absolute atomic E-state index is 0.117. The van der Waals surface area contributed by atoms with E-state index in [1.165, 1.54) is 27.8 Å². The third-order valence-electron chi connectivity index (χ3n) is 4.49. The molecule has 27 heavy (non-hydrogen) atoms. The van der Waals surface area contributed by atoms with Crippen LogP contribution in [0.4, 0.5) is 0 Å². The number of nitrogen functional groups attached to an aromatic ring is 1. The molecule has 0 aromatic carbocycles. The van der Waals surface area contributed by atoms with E-state index in [4.69, 9.17) is 10.3 Å². The molecule has 0 saturated heterocycles. The highest BCUT2D eigenvalue weighted by Gasteiger charge is 2.21. The van der Waals surface area contributed by atoms with Crippen LogP contribution in [0, 0.1) is 20.8 Å². The molecule has 4 heterocycles. The number of nitrogens with zero attached hydrogens (tertiary/aromatic N) is 4. The summed E-state index contributed by atoms with van der Waals surface area (Å²) in [5.41, 5.74) is 1.66. The van der Waals surface area contributed by atoms with Gasteiger partial charge in [-0.1, -0.05) is 11.8 Å². The summed E-state index contributed by atoms with van der Waals surface area (Å²) in [5, 5.41) is 9.37. The molecule has 0 amide bonds. The van der Waals surface area contributed by atoms with E-state index in [2.05, 4.69) is 20.2 Å². The summed E-state index contributed by atoms with van der Waals surface area (Å²) in [7, 11) is 0. The van der Waals surface area contributed by atoms with Crippen LogP contribution in [-0.2, 0) is 0 Å². The van der Waals surface area contributed by atoms with Gasteiger partial charge in [-0.05, 0) is 39.3 Å². The molecule has 10 heteroatoms. The largest absolute Gasteiger partial charge is 0.469 e. The Balaban J connectivity index is 1.66.